The van der Waals surface area contributed by atoms with Crippen molar-refractivity contribution < 1.29 is 26.7 Å². The fraction of sp³-hybridized carbons (Fsp3) is 0.448. The van der Waals surface area contributed by atoms with Gasteiger partial charge in [0.15, 0.2) is 0 Å². The zero-order chi connectivity index (χ0) is 28.8. The maximum atomic E-state index is 13.6. The van der Waals surface area contributed by atoms with Gasteiger partial charge < -0.3 is 19.5 Å². The summed E-state index contributed by atoms with van der Waals surface area (Å²) in [6, 6.07) is 10.0. The summed E-state index contributed by atoms with van der Waals surface area (Å²) in [7, 11) is -3.49. The number of ether oxygens (including phenoxy) is 1. The number of rotatable bonds is 9. The number of halogens is 2. The molecule has 218 valence electrons. The lowest BCUT2D eigenvalue weighted by atomic mass is 9.91. The van der Waals surface area contributed by atoms with Crippen LogP contribution in [0.3, 0.4) is 0 Å². The van der Waals surface area contributed by atoms with Gasteiger partial charge in [0.05, 0.1) is 34.7 Å². The van der Waals surface area contributed by atoms with E-state index in [1.165, 1.54) is 12.8 Å². The molecular formula is C29H33F2N5O4S. The molecule has 2 N–H and O–H groups in total. The minimum Gasteiger partial charge on any atom is -0.488 e. The van der Waals surface area contributed by atoms with Crippen LogP contribution in [0.25, 0.3) is 5.69 Å². The van der Waals surface area contributed by atoms with Crippen LogP contribution in [0.15, 0.2) is 55.1 Å². The maximum Gasteiger partial charge on any atom is 0.257 e. The van der Waals surface area contributed by atoms with Gasteiger partial charge in [0.1, 0.15) is 11.9 Å². The number of anilines is 3. The molecule has 2 aliphatic carbocycles. The fourth-order valence-corrected chi connectivity index (χ4v) is 6.20. The van der Waals surface area contributed by atoms with Crippen LogP contribution in [0.2, 0.25) is 0 Å². The predicted molar refractivity (Wildman–Crippen MR) is 153 cm³/mol. The smallest absolute Gasteiger partial charge is 0.257 e. The average Bonchev–Trinajstić information content (AvgIpc) is 3.44. The largest absolute Gasteiger partial charge is 0.488 e. The lowest BCUT2D eigenvalue weighted by Gasteiger charge is -2.35. The summed E-state index contributed by atoms with van der Waals surface area (Å²) in [6.07, 6.45) is 8.12. The number of benzene rings is 2. The van der Waals surface area contributed by atoms with Gasteiger partial charge in [-0.1, -0.05) is 0 Å². The molecule has 0 bridgehead atoms. The average molecular weight is 586 g/mol. The van der Waals surface area contributed by atoms with Crippen molar-refractivity contribution in [2.75, 3.05) is 33.8 Å². The first kappa shape index (κ1) is 27.5. The monoisotopic (exact) mass is 585 g/mol. The first-order valence-electron chi connectivity index (χ1n) is 13.9. The highest BCUT2D eigenvalue weighted by molar-refractivity contribution is 7.92. The SMILES string of the molecule is CCS(=O)(=O)Nc1ccc(C(=O)Nc2ccc(-n3ccnc3)c(OC3CC(F)(F)C3)c2)c(N2CCC3(CC2)CC3)c1. The molecule has 3 aliphatic rings. The van der Waals surface area contributed by atoms with Crippen LogP contribution in [-0.4, -0.2) is 54.7 Å². The van der Waals surface area contributed by atoms with E-state index in [9.17, 15) is 22.0 Å². The van der Waals surface area contributed by atoms with Gasteiger partial charge in [-0.15, -0.1) is 0 Å². The summed E-state index contributed by atoms with van der Waals surface area (Å²) in [4.78, 5) is 19.8. The molecule has 9 nitrogen and oxygen atoms in total. The molecule has 12 heteroatoms. The molecule has 0 atom stereocenters. The number of hydrogen-bond donors (Lipinski definition) is 2. The minimum atomic E-state index is -3.49. The Morgan fingerprint density at radius 2 is 1.78 bits per heavy atom. The summed E-state index contributed by atoms with van der Waals surface area (Å²) in [5, 5.41) is 2.93. The van der Waals surface area contributed by atoms with Gasteiger partial charge in [-0.25, -0.2) is 22.2 Å². The molecule has 41 heavy (non-hydrogen) atoms. The van der Waals surface area contributed by atoms with Crippen LogP contribution in [0.5, 0.6) is 5.75 Å². The van der Waals surface area contributed by atoms with Gasteiger partial charge >= 0.3 is 0 Å². The number of nitrogens with zero attached hydrogens (tertiary/aromatic N) is 3. The number of sulfonamides is 1. The summed E-state index contributed by atoms with van der Waals surface area (Å²) < 4.78 is 61.7. The van der Waals surface area contributed by atoms with E-state index in [2.05, 4.69) is 19.9 Å². The number of carbonyl (C=O) groups is 1. The van der Waals surface area contributed by atoms with Crippen molar-refractivity contribution in [2.24, 2.45) is 5.41 Å². The van der Waals surface area contributed by atoms with E-state index in [0.717, 1.165) is 25.9 Å². The quantitative estimate of drug-likeness (QED) is 0.346. The predicted octanol–water partition coefficient (Wildman–Crippen LogP) is 5.44. The third kappa shape index (κ3) is 6.02. The normalized spacial score (nSPS) is 19.4. The van der Waals surface area contributed by atoms with E-state index < -0.39 is 22.0 Å². The Hall–Kier alpha value is -3.67. The van der Waals surface area contributed by atoms with Crippen LogP contribution in [0.1, 0.15) is 55.8 Å². The molecule has 3 aromatic rings. The van der Waals surface area contributed by atoms with Gasteiger partial charge in [0, 0.05) is 50.1 Å². The highest BCUT2D eigenvalue weighted by Crippen LogP contribution is 2.54. The van der Waals surface area contributed by atoms with Gasteiger partial charge in [0.25, 0.3) is 11.8 Å². The lowest BCUT2D eigenvalue weighted by Crippen LogP contribution is -2.43. The minimum absolute atomic E-state index is 0.0607. The van der Waals surface area contributed by atoms with Crippen LogP contribution < -0.4 is 19.7 Å². The van der Waals surface area contributed by atoms with Crippen molar-refractivity contribution in [1.82, 2.24) is 9.55 Å². The van der Waals surface area contributed by atoms with E-state index in [4.69, 9.17) is 4.74 Å². The number of amides is 1. The molecule has 0 radical (unpaired) electrons. The summed E-state index contributed by atoms with van der Waals surface area (Å²) in [5.41, 5.74) is 2.97. The third-order valence-electron chi connectivity index (χ3n) is 8.36. The van der Waals surface area contributed by atoms with E-state index in [1.54, 1.807) is 66.6 Å². The van der Waals surface area contributed by atoms with E-state index in [-0.39, 0.29) is 24.5 Å². The van der Waals surface area contributed by atoms with E-state index >= 15 is 0 Å². The van der Waals surface area contributed by atoms with Crippen molar-refractivity contribution in [3.05, 3.63) is 60.7 Å². The zero-order valence-electron chi connectivity index (χ0n) is 22.8. The molecule has 2 heterocycles. The zero-order valence-corrected chi connectivity index (χ0v) is 23.6. The van der Waals surface area contributed by atoms with Crippen LogP contribution in [-0.2, 0) is 10.0 Å². The first-order chi connectivity index (χ1) is 19.5. The molecule has 1 amide bonds. The number of imidazole rings is 1. The molecule has 2 aromatic carbocycles. The Balaban J connectivity index is 1.27. The molecule has 1 spiro atoms. The van der Waals surface area contributed by atoms with Gasteiger partial charge in [0.2, 0.25) is 10.0 Å². The molecule has 6 rings (SSSR count). The van der Waals surface area contributed by atoms with Crippen LogP contribution in [0.4, 0.5) is 25.8 Å². The Morgan fingerprint density at radius 3 is 2.41 bits per heavy atom. The van der Waals surface area contributed by atoms with E-state index in [0.29, 0.717) is 39.5 Å². The van der Waals surface area contributed by atoms with Gasteiger partial charge in [-0.3, -0.25) is 9.52 Å². The number of nitrogens with one attached hydrogen (secondary N) is 2. The van der Waals surface area contributed by atoms with Gasteiger partial charge in [-0.05, 0) is 68.4 Å². The molecular weight excluding hydrogens is 552 g/mol. The molecule has 0 unspecified atom stereocenters. The summed E-state index contributed by atoms with van der Waals surface area (Å²) in [5.74, 6) is -2.80. The van der Waals surface area contributed by atoms with E-state index in [1.807, 2.05) is 0 Å². The molecule has 3 fully saturated rings. The topological polar surface area (TPSA) is 106 Å². The van der Waals surface area contributed by atoms with Crippen molar-refractivity contribution in [3.63, 3.8) is 0 Å². The molecule has 2 saturated carbocycles. The van der Waals surface area contributed by atoms with Crippen molar-refractivity contribution >= 4 is 33.0 Å². The number of aromatic nitrogens is 2. The van der Waals surface area contributed by atoms with Crippen LogP contribution in [0, 0.1) is 5.41 Å². The Bertz CT molecular complexity index is 1540. The maximum absolute atomic E-state index is 13.6. The molecule has 1 aromatic heterocycles. The lowest BCUT2D eigenvalue weighted by molar-refractivity contribution is -0.134. The second-order valence-electron chi connectivity index (χ2n) is 11.3. The Labute approximate surface area is 238 Å². The van der Waals surface area contributed by atoms with Crippen molar-refractivity contribution in [1.29, 1.82) is 0 Å². The summed E-state index contributed by atoms with van der Waals surface area (Å²) >= 11 is 0. The first-order valence-corrected chi connectivity index (χ1v) is 15.6. The molecule has 1 aliphatic heterocycles. The second-order valence-corrected chi connectivity index (χ2v) is 13.3. The van der Waals surface area contributed by atoms with Gasteiger partial charge in [-0.2, -0.15) is 0 Å². The summed E-state index contributed by atoms with van der Waals surface area (Å²) in [6.45, 7) is 3.14. The number of hydrogen-bond acceptors (Lipinski definition) is 6. The number of piperidine rings is 1. The second kappa shape index (κ2) is 10.3. The highest BCUT2D eigenvalue weighted by Gasteiger charge is 2.47. The highest BCUT2D eigenvalue weighted by atomic mass is 32.2. The van der Waals surface area contributed by atoms with Crippen molar-refractivity contribution in [3.8, 4) is 11.4 Å². The number of alkyl halides is 2. The Kier molecular flexibility index (Phi) is 6.91. The fourth-order valence-electron chi connectivity index (χ4n) is 5.57. The van der Waals surface area contributed by atoms with Crippen LogP contribution >= 0.6 is 0 Å². The third-order valence-corrected chi connectivity index (χ3v) is 9.67. The molecule has 1 saturated heterocycles. The Morgan fingerprint density at radius 1 is 1.05 bits per heavy atom. The standard InChI is InChI=1S/C29H33F2N5O4S/c1-2-41(38,39)34-21-3-5-23(25(15-21)35-12-9-28(7-8-28)10-13-35)27(37)33-20-4-6-24(36-14-11-32-19-36)26(16-20)40-22-17-29(30,31)18-22/h3-6,11,14-16,19,22,34H,2,7-10,12-13,17-18H2,1H3,(H,33,37). The van der Waals surface area contributed by atoms with Crippen molar-refractivity contribution in [2.45, 2.75) is 57.5 Å². The number of carbonyl (C=O) groups excluding carboxylic acids is 1.